The smallest absolute Gasteiger partial charge is 0.142 e. The summed E-state index contributed by atoms with van der Waals surface area (Å²) in [4.78, 5) is 0. The van der Waals surface area contributed by atoms with E-state index in [1.54, 1.807) is 0 Å². The van der Waals surface area contributed by atoms with Crippen LogP contribution in [0.4, 0.5) is 5.69 Å². The minimum absolute atomic E-state index is 0.598. The lowest BCUT2D eigenvalue weighted by molar-refractivity contribution is 0.248. The van der Waals surface area contributed by atoms with E-state index < -0.39 is 0 Å². The monoisotopic (exact) mass is 257 g/mol. The van der Waals surface area contributed by atoms with Crippen molar-refractivity contribution in [1.29, 1.82) is 0 Å². The van der Waals surface area contributed by atoms with Crippen molar-refractivity contribution in [3.05, 3.63) is 54.1 Å². The van der Waals surface area contributed by atoms with Crippen LogP contribution in [0.25, 0.3) is 0 Å². The van der Waals surface area contributed by atoms with Gasteiger partial charge in [-0.15, -0.1) is 0 Å². The molecule has 2 aromatic rings. The molecule has 2 aromatic carbocycles. The van der Waals surface area contributed by atoms with Gasteiger partial charge in [0.05, 0.1) is 18.9 Å². The van der Waals surface area contributed by atoms with Gasteiger partial charge in [-0.05, 0) is 30.7 Å². The molecule has 3 heteroatoms. The number of ether oxygens (including phenoxy) is 2. The second-order valence-corrected chi connectivity index (χ2v) is 4.35. The summed E-state index contributed by atoms with van der Waals surface area (Å²) in [5, 5.41) is 0. The van der Waals surface area contributed by atoms with E-state index in [4.69, 9.17) is 15.2 Å². The van der Waals surface area contributed by atoms with Crippen molar-refractivity contribution < 1.29 is 9.47 Å². The first kappa shape index (κ1) is 13.3. The molecule has 0 aliphatic heterocycles. The molecule has 0 saturated heterocycles. The zero-order valence-electron chi connectivity index (χ0n) is 11.1. The van der Waals surface area contributed by atoms with E-state index in [1.165, 1.54) is 0 Å². The fraction of sp³-hybridized carbons (Fsp3) is 0.250. The maximum atomic E-state index is 5.93. The van der Waals surface area contributed by atoms with Gasteiger partial charge >= 0.3 is 0 Å². The van der Waals surface area contributed by atoms with Gasteiger partial charge in [-0.3, -0.25) is 0 Å². The van der Waals surface area contributed by atoms with Gasteiger partial charge < -0.3 is 15.2 Å². The van der Waals surface area contributed by atoms with Crippen LogP contribution >= 0.6 is 0 Å². The first-order valence-corrected chi connectivity index (χ1v) is 6.43. The van der Waals surface area contributed by atoms with Crippen molar-refractivity contribution in [2.24, 2.45) is 0 Å². The first-order valence-electron chi connectivity index (χ1n) is 6.43. The molecule has 0 aliphatic rings. The summed E-state index contributed by atoms with van der Waals surface area (Å²) < 4.78 is 11.2. The first-order chi connectivity index (χ1) is 9.27. The van der Waals surface area contributed by atoms with Crippen molar-refractivity contribution in [2.45, 2.75) is 13.3 Å². The van der Waals surface area contributed by atoms with E-state index in [2.05, 4.69) is 0 Å². The lowest BCUT2D eigenvalue weighted by atomic mass is 10.2. The quantitative estimate of drug-likeness (QED) is 0.637. The third-order valence-corrected chi connectivity index (χ3v) is 2.84. The minimum Gasteiger partial charge on any atom is -0.493 e. The Kier molecular flexibility index (Phi) is 4.67. The highest BCUT2D eigenvalue weighted by Gasteiger charge is 2.02. The molecule has 3 nitrogen and oxygen atoms in total. The van der Waals surface area contributed by atoms with Crippen LogP contribution in [0.2, 0.25) is 0 Å². The van der Waals surface area contributed by atoms with Crippen LogP contribution in [0, 0.1) is 6.92 Å². The molecule has 0 fully saturated rings. The third kappa shape index (κ3) is 3.91. The van der Waals surface area contributed by atoms with Gasteiger partial charge in [-0.2, -0.15) is 0 Å². The van der Waals surface area contributed by atoms with Crippen LogP contribution in [0.5, 0.6) is 11.5 Å². The lowest BCUT2D eigenvalue weighted by Crippen LogP contribution is -2.06. The Morgan fingerprint density at radius 2 is 1.63 bits per heavy atom. The maximum Gasteiger partial charge on any atom is 0.142 e. The van der Waals surface area contributed by atoms with E-state index in [1.807, 2.05) is 55.5 Å². The zero-order chi connectivity index (χ0) is 13.5. The number of rotatable bonds is 6. The van der Waals surface area contributed by atoms with E-state index in [0.29, 0.717) is 18.9 Å². The summed E-state index contributed by atoms with van der Waals surface area (Å²) in [6.07, 6.45) is 0.822. The summed E-state index contributed by atoms with van der Waals surface area (Å²) in [6.45, 7) is 3.21. The van der Waals surface area contributed by atoms with Crippen molar-refractivity contribution in [3.8, 4) is 11.5 Å². The summed E-state index contributed by atoms with van der Waals surface area (Å²) in [5.41, 5.74) is 7.69. The highest BCUT2D eigenvalue weighted by molar-refractivity contribution is 5.57. The van der Waals surface area contributed by atoms with E-state index in [9.17, 15) is 0 Å². The van der Waals surface area contributed by atoms with Crippen LogP contribution in [0.3, 0.4) is 0 Å². The summed E-state index contributed by atoms with van der Waals surface area (Å²) in [7, 11) is 0. The lowest BCUT2D eigenvalue weighted by Gasteiger charge is -2.11. The van der Waals surface area contributed by atoms with Gasteiger partial charge in [-0.25, -0.2) is 0 Å². The molecular weight excluding hydrogens is 238 g/mol. The third-order valence-electron chi connectivity index (χ3n) is 2.84. The largest absolute Gasteiger partial charge is 0.493 e. The number of nitrogens with two attached hydrogens (primary N) is 1. The average molecular weight is 257 g/mol. The van der Waals surface area contributed by atoms with E-state index in [-0.39, 0.29) is 0 Å². The molecule has 2 N–H and O–H groups in total. The van der Waals surface area contributed by atoms with Crippen LogP contribution in [-0.2, 0) is 0 Å². The average Bonchev–Trinajstić information content (AvgIpc) is 2.44. The summed E-state index contributed by atoms with van der Waals surface area (Å²) in [5.74, 6) is 1.64. The molecule has 0 bridgehead atoms. The van der Waals surface area contributed by atoms with Crippen molar-refractivity contribution in [3.63, 3.8) is 0 Å². The molecule has 0 heterocycles. The van der Waals surface area contributed by atoms with Gasteiger partial charge in [0.25, 0.3) is 0 Å². The number of anilines is 1. The molecule has 0 radical (unpaired) electrons. The fourth-order valence-electron chi connectivity index (χ4n) is 1.73. The summed E-state index contributed by atoms with van der Waals surface area (Å²) >= 11 is 0. The predicted molar refractivity (Wildman–Crippen MR) is 77.6 cm³/mol. The Balaban J connectivity index is 1.71. The summed E-state index contributed by atoms with van der Waals surface area (Å²) in [6, 6.07) is 15.6. The topological polar surface area (TPSA) is 44.5 Å². The Morgan fingerprint density at radius 1 is 0.895 bits per heavy atom. The number of benzene rings is 2. The molecule has 19 heavy (non-hydrogen) atoms. The Hall–Kier alpha value is -2.16. The number of hydrogen-bond acceptors (Lipinski definition) is 3. The van der Waals surface area contributed by atoms with Crippen LogP contribution < -0.4 is 15.2 Å². The Bertz CT molecular complexity index is 511. The van der Waals surface area contributed by atoms with Crippen LogP contribution in [0.15, 0.2) is 48.5 Å². The number of aryl methyl sites for hydroxylation is 1. The van der Waals surface area contributed by atoms with Crippen LogP contribution in [-0.4, -0.2) is 13.2 Å². The van der Waals surface area contributed by atoms with Crippen molar-refractivity contribution >= 4 is 5.69 Å². The van der Waals surface area contributed by atoms with Gasteiger partial charge in [0, 0.05) is 6.42 Å². The fourth-order valence-corrected chi connectivity index (χ4v) is 1.73. The number of hydrogen-bond donors (Lipinski definition) is 1. The molecule has 0 atom stereocenters. The van der Waals surface area contributed by atoms with E-state index >= 15 is 0 Å². The van der Waals surface area contributed by atoms with Gasteiger partial charge in [0.15, 0.2) is 0 Å². The standard InChI is InChI=1S/C16H19NO2/c1-13-7-5-10-15(16(13)17)19-12-6-11-18-14-8-3-2-4-9-14/h2-5,7-10H,6,11-12,17H2,1H3. The molecule has 2 rings (SSSR count). The zero-order valence-corrected chi connectivity index (χ0v) is 11.1. The highest BCUT2D eigenvalue weighted by Crippen LogP contribution is 2.24. The maximum absolute atomic E-state index is 5.93. The predicted octanol–water partition coefficient (Wildman–Crippen LogP) is 3.43. The van der Waals surface area contributed by atoms with Gasteiger partial charge in [0.2, 0.25) is 0 Å². The van der Waals surface area contributed by atoms with Gasteiger partial charge in [0.1, 0.15) is 11.5 Å². The van der Waals surface area contributed by atoms with E-state index in [0.717, 1.165) is 23.5 Å². The molecule has 0 saturated carbocycles. The SMILES string of the molecule is Cc1cccc(OCCCOc2ccccc2)c1N. The molecule has 0 aliphatic carbocycles. The molecule has 0 spiro atoms. The van der Waals surface area contributed by atoms with Crippen molar-refractivity contribution in [1.82, 2.24) is 0 Å². The van der Waals surface area contributed by atoms with Crippen molar-refractivity contribution in [2.75, 3.05) is 18.9 Å². The molecule has 0 unspecified atom stereocenters. The number of nitrogen functional groups attached to an aromatic ring is 1. The van der Waals surface area contributed by atoms with Gasteiger partial charge in [-0.1, -0.05) is 30.3 Å². The second kappa shape index (κ2) is 6.69. The Morgan fingerprint density at radius 3 is 2.42 bits per heavy atom. The number of para-hydroxylation sites is 2. The molecule has 0 aromatic heterocycles. The second-order valence-electron chi connectivity index (χ2n) is 4.35. The molecule has 100 valence electrons. The Labute approximate surface area is 114 Å². The highest BCUT2D eigenvalue weighted by atomic mass is 16.5. The normalized spacial score (nSPS) is 10.2. The minimum atomic E-state index is 0.598. The molecule has 0 amide bonds. The molecular formula is C16H19NO2. The van der Waals surface area contributed by atoms with Crippen LogP contribution in [0.1, 0.15) is 12.0 Å².